The molecule has 1 nitrogen and oxygen atoms in total. The topological polar surface area (TPSA) is 12.9 Å². The molecule has 1 aromatic heterocycles. The third-order valence-electron chi connectivity index (χ3n) is 3.35. The van der Waals surface area contributed by atoms with Gasteiger partial charge in [-0.15, -0.1) is 0 Å². The van der Waals surface area contributed by atoms with Crippen LogP contribution in [0, 0.1) is 11.3 Å². The highest BCUT2D eigenvalue weighted by molar-refractivity contribution is 9.11. The molecule has 0 bridgehead atoms. The van der Waals surface area contributed by atoms with Gasteiger partial charge in [-0.2, -0.15) is 0 Å². The van der Waals surface area contributed by atoms with Crippen LogP contribution in [0.1, 0.15) is 25.5 Å². The summed E-state index contributed by atoms with van der Waals surface area (Å²) in [6.07, 6.45) is 1.87. The van der Waals surface area contributed by atoms with E-state index in [2.05, 4.69) is 72.7 Å². The fraction of sp³-hybridized carbons (Fsp3) is 0.545. The molecule has 2 rings (SSSR count). The average molecular weight is 398 g/mol. The van der Waals surface area contributed by atoms with Gasteiger partial charge in [0.15, 0.2) is 0 Å². The van der Waals surface area contributed by atoms with Crippen molar-refractivity contribution in [3.8, 4) is 0 Å². The first-order chi connectivity index (χ1) is 6.98. The van der Waals surface area contributed by atoms with E-state index in [4.69, 9.17) is 0 Å². The van der Waals surface area contributed by atoms with Gasteiger partial charge in [-0.25, -0.2) is 0 Å². The van der Waals surface area contributed by atoms with Crippen molar-refractivity contribution in [2.24, 2.45) is 11.3 Å². The lowest BCUT2D eigenvalue weighted by molar-refractivity contribution is 0.577. The van der Waals surface area contributed by atoms with Crippen LogP contribution in [0.3, 0.4) is 0 Å². The van der Waals surface area contributed by atoms with Crippen molar-refractivity contribution < 1.29 is 0 Å². The van der Waals surface area contributed by atoms with E-state index in [0.29, 0.717) is 17.3 Å². The zero-order chi connectivity index (χ0) is 11.2. The molecular weight excluding hydrogens is 386 g/mol. The smallest absolute Gasteiger partial charge is 0.0585 e. The second kappa shape index (κ2) is 4.11. The first-order valence-electron chi connectivity index (χ1n) is 4.85. The van der Waals surface area contributed by atoms with Gasteiger partial charge in [-0.05, 0) is 49.3 Å². The van der Waals surface area contributed by atoms with Crippen molar-refractivity contribution in [1.29, 1.82) is 0 Å². The first kappa shape index (κ1) is 12.1. The van der Waals surface area contributed by atoms with Crippen LogP contribution in [0.4, 0.5) is 0 Å². The molecule has 0 amide bonds. The molecule has 4 heteroatoms. The average Bonchev–Trinajstić information content (AvgIpc) is 2.68. The summed E-state index contributed by atoms with van der Waals surface area (Å²) in [5, 5.41) is 1.05. The van der Waals surface area contributed by atoms with E-state index in [1.807, 2.05) is 6.20 Å². The second-order valence-corrected chi connectivity index (χ2v) is 7.00. The van der Waals surface area contributed by atoms with Gasteiger partial charge in [0, 0.05) is 26.4 Å². The highest BCUT2D eigenvalue weighted by Gasteiger charge is 2.58. The Balaban J connectivity index is 2.33. The first-order valence-corrected chi connectivity index (χ1v) is 7.56. The van der Waals surface area contributed by atoms with Gasteiger partial charge in [0.25, 0.3) is 0 Å². The van der Waals surface area contributed by atoms with Crippen molar-refractivity contribution in [3.63, 3.8) is 0 Å². The summed E-state index contributed by atoms with van der Waals surface area (Å²) >= 11 is 10.6. The molecule has 1 fully saturated rings. The predicted molar refractivity (Wildman–Crippen MR) is 73.4 cm³/mol. The quantitative estimate of drug-likeness (QED) is 0.657. The summed E-state index contributed by atoms with van der Waals surface area (Å²) in [4.78, 5) is 4.52. The summed E-state index contributed by atoms with van der Waals surface area (Å²) < 4.78 is 2.13. The van der Waals surface area contributed by atoms with Crippen LogP contribution in [0.2, 0.25) is 0 Å². The van der Waals surface area contributed by atoms with E-state index in [1.54, 1.807) is 0 Å². The SMILES string of the molecule is CC1(C)C(CBr)C1c1ncc(Br)cc1Br. The summed E-state index contributed by atoms with van der Waals surface area (Å²) in [6, 6.07) is 2.07. The van der Waals surface area contributed by atoms with Crippen molar-refractivity contribution in [2.45, 2.75) is 19.8 Å². The molecule has 2 atom stereocenters. The van der Waals surface area contributed by atoms with E-state index in [1.165, 1.54) is 5.69 Å². The van der Waals surface area contributed by atoms with Crippen LogP contribution in [0.15, 0.2) is 21.2 Å². The van der Waals surface area contributed by atoms with E-state index in [9.17, 15) is 0 Å². The van der Waals surface area contributed by atoms with Crippen LogP contribution >= 0.6 is 47.8 Å². The lowest BCUT2D eigenvalue weighted by Gasteiger charge is -2.05. The molecule has 1 heterocycles. The monoisotopic (exact) mass is 395 g/mol. The minimum atomic E-state index is 0.368. The number of aromatic nitrogens is 1. The van der Waals surface area contributed by atoms with Gasteiger partial charge in [0.2, 0.25) is 0 Å². The number of alkyl halides is 1. The highest BCUT2D eigenvalue weighted by atomic mass is 79.9. The molecular formula is C11H12Br3N. The minimum absolute atomic E-state index is 0.368. The molecule has 1 saturated carbocycles. The van der Waals surface area contributed by atoms with Crippen molar-refractivity contribution in [2.75, 3.05) is 5.33 Å². The van der Waals surface area contributed by atoms with Gasteiger partial charge >= 0.3 is 0 Å². The maximum Gasteiger partial charge on any atom is 0.0585 e. The lowest BCUT2D eigenvalue weighted by atomic mass is 10.1. The Hall–Kier alpha value is 0.590. The van der Waals surface area contributed by atoms with Gasteiger partial charge in [0.05, 0.1) is 5.69 Å². The number of pyridine rings is 1. The van der Waals surface area contributed by atoms with E-state index in [-0.39, 0.29) is 0 Å². The fourth-order valence-corrected chi connectivity index (χ4v) is 4.67. The van der Waals surface area contributed by atoms with Crippen LogP contribution in [0.5, 0.6) is 0 Å². The third kappa shape index (κ3) is 2.05. The van der Waals surface area contributed by atoms with Crippen LogP contribution in [-0.4, -0.2) is 10.3 Å². The van der Waals surface area contributed by atoms with Gasteiger partial charge in [0.1, 0.15) is 0 Å². The van der Waals surface area contributed by atoms with Crippen LogP contribution in [0.25, 0.3) is 0 Å². The fourth-order valence-electron chi connectivity index (χ4n) is 2.23. The predicted octanol–water partition coefficient (Wildman–Crippen LogP) is 4.74. The molecule has 0 spiro atoms. The molecule has 0 saturated heterocycles. The summed E-state index contributed by atoms with van der Waals surface area (Å²) in [7, 11) is 0. The summed E-state index contributed by atoms with van der Waals surface area (Å²) in [5.74, 6) is 1.27. The summed E-state index contributed by atoms with van der Waals surface area (Å²) in [5.41, 5.74) is 1.56. The van der Waals surface area contributed by atoms with Crippen molar-refractivity contribution in [1.82, 2.24) is 4.98 Å². The molecule has 0 aromatic carbocycles. The Morgan fingerprint density at radius 1 is 1.40 bits per heavy atom. The van der Waals surface area contributed by atoms with E-state index >= 15 is 0 Å². The van der Waals surface area contributed by atoms with E-state index in [0.717, 1.165) is 14.3 Å². The van der Waals surface area contributed by atoms with Crippen molar-refractivity contribution in [3.05, 3.63) is 26.9 Å². The molecule has 1 aliphatic rings. The molecule has 2 unspecified atom stereocenters. The normalized spacial score (nSPS) is 27.8. The number of nitrogens with zero attached hydrogens (tertiary/aromatic N) is 1. The molecule has 82 valence electrons. The van der Waals surface area contributed by atoms with Gasteiger partial charge in [-0.3, -0.25) is 4.98 Å². The maximum absolute atomic E-state index is 4.52. The van der Waals surface area contributed by atoms with Gasteiger partial charge < -0.3 is 0 Å². The Morgan fingerprint density at radius 3 is 2.53 bits per heavy atom. The Morgan fingerprint density at radius 2 is 2.07 bits per heavy atom. The van der Waals surface area contributed by atoms with E-state index < -0.39 is 0 Å². The molecule has 0 aliphatic heterocycles. The third-order valence-corrected chi connectivity index (χ3v) is 5.11. The maximum atomic E-state index is 4.52. The van der Waals surface area contributed by atoms with Crippen molar-refractivity contribution >= 4 is 47.8 Å². The number of halogens is 3. The Kier molecular flexibility index (Phi) is 3.31. The molecule has 1 aliphatic carbocycles. The zero-order valence-corrected chi connectivity index (χ0v) is 13.4. The number of hydrogen-bond donors (Lipinski definition) is 0. The van der Waals surface area contributed by atoms with Crippen LogP contribution < -0.4 is 0 Å². The molecule has 0 N–H and O–H groups in total. The molecule has 15 heavy (non-hydrogen) atoms. The molecule has 0 radical (unpaired) electrons. The minimum Gasteiger partial charge on any atom is -0.259 e. The largest absolute Gasteiger partial charge is 0.259 e. The summed E-state index contributed by atoms with van der Waals surface area (Å²) in [6.45, 7) is 4.61. The lowest BCUT2D eigenvalue weighted by Crippen LogP contribution is -1.94. The Bertz CT molecular complexity index is 389. The number of rotatable bonds is 2. The Labute approximate surface area is 115 Å². The molecule has 1 aromatic rings. The highest BCUT2D eigenvalue weighted by Crippen LogP contribution is 2.65. The zero-order valence-electron chi connectivity index (χ0n) is 8.60. The second-order valence-electron chi connectivity index (χ2n) is 4.58. The standard InChI is InChI=1S/C11H12Br3N/c1-11(2)7(4-12)9(11)10-8(14)3-6(13)5-15-10/h3,5,7,9H,4H2,1-2H3. The van der Waals surface area contributed by atoms with Crippen LogP contribution in [-0.2, 0) is 0 Å². The van der Waals surface area contributed by atoms with Gasteiger partial charge in [-0.1, -0.05) is 29.8 Å². The number of hydrogen-bond acceptors (Lipinski definition) is 1.